The van der Waals surface area contributed by atoms with E-state index in [0.29, 0.717) is 6.54 Å². The second-order valence-corrected chi connectivity index (χ2v) is 5.62. The first kappa shape index (κ1) is 15.9. The highest BCUT2D eigenvalue weighted by molar-refractivity contribution is 5.94. The molecule has 4 nitrogen and oxygen atoms in total. The van der Waals surface area contributed by atoms with Crippen molar-refractivity contribution >= 4 is 5.91 Å². The van der Waals surface area contributed by atoms with Gasteiger partial charge in [-0.1, -0.05) is 32.0 Å². The number of carbonyl (C=O) groups excluding carboxylic acids is 1. The Morgan fingerprint density at radius 3 is 2.73 bits per heavy atom. The fourth-order valence-electron chi connectivity index (χ4n) is 2.25. The van der Waals surface area contributed by atoms with Gasteiger partial charge in [0, 0.05) is 23.7 Å². The summed E-state index contributed by atoms with van der Waals surface area (Å²) >= 11 is 0. The van der Waals surface area contributed by atoms with Gasteiger partial charge in [0.05, 0.1) is 18.9 Å². The average molecular weight is 302 g/mol. The van der Waals surface area contributed by atoms with Crippen LogP contribution in [0.5, 0.6) is 5.75 Å². The van der Waals surface area contributed by atoms with Crippen LogP contribution in [0, 0.1) is 5.82 Å². The van der Waals surface area contributed by atoms with Crippen molar-refractivity contribution in [1.29, 1.82) is 0 Å². The second-order valence-electron chi connectivity index (χ2n) is 5.62. The molecule has 0 atom stereocenters. The molecule has 0 bridgehead atoms. The van der Waals surface area contributed by atoms with Gasteiger partial charge in [-0.15, -0.1) is 0 Å². The number of hydrogen-bond acceptors (Lipinski definition) is 3. The Labute approximate surface area is 129 Å². The molecule has 1 aromatic heterocycles. The number of carbonyl (C=O) groups is 1. The number of halogens is 1. The van der Waals surface area contributed by atoms with Crippen LogP contribution in [-0.2, 0) is 5.41 Å². The standard InChI is InChI=1S/C17H19FN2O2/c1-17(2,13-6-4-5-7-15(13)22-3)11-20-16(21)12-8-9-19-10-14(12)18/h4-10H,11H2,1-3H3,(H,20,21). The first-order chi connectivity index (χ1) is 10.5. The number of hydrogen-bond donors (Lipinski definition) is 1. The van der Waals surface area contributed by atoms with E-state index in [4.69, 9.17) is 4.74 Å². The summed E-state index contributed by atoms with van der Waals surface area (Å²) in [7, 11) is 1.61. The van der Waals surface area contributed by atoms with Crippen molar-refractivity contribution < 1.29 is 13.9 Å². The number of pyridine rings is 1. The number of ether oxygens (including phenoxy) is 1. The van der Waals surface area contributed by atoms with E-state index in [0.717, 1.165) is 17.5 Å². The zero-order valence-corrected chi connectivity index (χ0v) is 12.9. The average Bonchev–Trinajstić information content (AvgIpc) is 2.53. The van der Waals surface area contributed by atoms with Gasteiger partial charge in [-0.3, -0.25) is 9.78 Å². The lowest BCUT2D eigenvalue weighted by Gasteiger charge is -2.27. The molecule has 1 heterocycles. The van der Waals surface area contributed by atoms with Crippen LogP contribution in [0.15, 0.2) is 42.7 Å². The van der Waals surface area contributed by atoms with Gasteiger partial charge < -0.3 is 10.1 Å². The number of benzene rings is 1. The smallest absolute Gasteiger partial charge is 0.254 e. The van der Waals surface area contributed by atoms with Gasteiger partial charge in [0.1, 0.15) is 5.75 Å². The predicted molar refractivity (Wildman–Crippen MR) is 82.5 cm³/mol. The van der Waals surface area contributed by atoms with Crippen molar-refractivity contribution in [2.45, 2.75) is 19.3 Å². The van der Waals surface area contributed by atoms with Gasteiger partial charge in [0.25, 0.3) is 5.91 Å². The van der Waals surface area contributed by atoms with E-state index in [-0.39, 0.29) is 11.0 Å². The molecule has 2 rings (SSSR count). The van der Waals surface area contributed by atoms with Crippen LogP contribution in [0.1, 0.15) is 29.8 Å². The maximum absolute atomic E-state index is 13.6. The summed E-state index contributed by atoms with van der Waals surface area (Å²) in [5, 5.41) is 2.77. The highest BCUT2D eigenvalue weighted by Crippen LogP contribution is 2.30. The maximum atomic E-state index is 13.6. The number of amides is 1. The summed E-state index contributed by atoms with van der Waals surface area (Å²) in [6, 6.07) is 9.01. The van der Waals surface area contributed by atoms with Gasteiger partial charge in [0.2, 0.25) is 0 Å². The molecule has 0 aliphatic heterocycles. The first-order valence-electron chi connectivity index (χ1n) is 6.97. The molecule has 0 aliphatic rings. The van der Waals surface area contributed by atoms with Crippen molar-refractivity contribution in [2.24, 2.45) is 0 Å². The van der Waals surface area contributed by atoms with Crippen LogP contribution in [0.25, 0.3) is 0 Å². The zero-order chi connectivity index (χ0) is 16.2. The highest BCUT2D eigenvalue weighted by Gasteiger charge is 2.25. The summed E-state index contributed by atoms with van der Waals surface area (Å²) in [5.41, 5.74) is 0.616. The first-order valence-corrected chi connectivity index (χ1v) is 6.97. The molecule has 116 valence electrons. The van der Waals surface area contributed by atoms with Crippen LogP contribution in [0.2, 0.25) is 0 Å². The predicted octanol–water partition coefficient (Wildman–Crippen LogP) is 2.94. The molecule has 0 saturated heterocycles. The Bertz CT molecular complexity index is 671. The summed E-state index contributed by atoms with van der Waals surface area (Å²) in [6.45, 7) is 4.34. The van der Waals surface area contributed by atoms with Crippen LogP contribution in [0.4, 0.5) is 4.39 Å². The molecule has 22 heavy (non-hydrogen) atoms. The SMILES string of the molecule is COc1ccccc1C(C)(C)CNC(=O)c1ccncc1F. The number of rotatable bonds is 5. The molecule has 1 aromatic carbocycles. The molecule has 1 N–H and O–H groups in total. The Kier molecular flexibility index (Phi) is 4.75. The van der Waals surface area contributed by atoms with Gasteiger partial charge in [-0.2, -0.15) is 0 Å². The zero-order valence-electron chi connectivity index (χ0n) is 12.9. The molecule has 5 heteroatoms. The molecule has 0 spiro atoms. The fraction of sp³-hybridized carbons (Fsp3) is 0.294. The van der Waals surface area contributed by atoms with E-state index in [1.165, 1.54) is 12.3 Å². The number of nitrogens with one attached hydrogen (secondary N) is 1. The molecule has 0 unspecified atom stereocenters. The lowest BCUT2D eigenvalue weighted by atomic mass is 9.84. The third kappa shape index (κ3) is 3.42. The topological polar surface area (TPSA) is 51.2 Å². The number of methoxy groups -OCH3 is 1. The molecule has 1 amide bonds. The van der Waals surface area contributed by atoms with Crippen molar-refractivity contribution in [2.75, 3.05) is 13.7 Å². The molecule has 0 fully saturated rings. The Morgan fingerprint density at radius 2 is 2.05 bits per heavy atom. The van der Waals surface area contributed by atoms with E-state index in [2.05, 4.69) is 10.3 Å². The number of para-hydroxylation sites is 1. The minimum absolute atomic E-state index is 0.00849. The molecular formula is C17H19FN2O2. The summed E-state index contributed by atoms with van der Waals surface area (Å²) < 4.78 is 18.9. The van der Waals surface area contributed by atoms with Gasteiger partial charge >= 0.3 is 0 Å². The Morgan fingerprint density at radius 1 is 1.32 bits per heavy atom. The third-order valence-corrected chi connectivity index (χ3v) is 3.54. The van der Waals surface area contributed by atoms with E-state index in [9.17, 15) is 9.18 Å². The van der Waals surface area contributed by atoms with Crippen LogP contribution in [0.3, 0.4) is 0 Å². The second kappa shape index (κ2) is 6.56. The largest absolute Gasteiger partial charge is 0.496 e. The van der Waals surface area contributed by atoms with Crippen LogP contribution >= 0.6 is 0 Å². The number of aromatic nitrogens is 1. The molecule has 0 radical (unpaired) electrons. The minimum atomic E-state index is -0.630. The molecule has 0 aliphatic carbocycles. The summed E-state index contributed by atoms with van der Waals surface area (Å²) in [5.74, 6) is -0.324. The third-order valence-electron chi connectivity index (χ3n) is 3.54. The van der Waals surface area contributed by atoms with Crippen molar-refractivity contribution in [1.82, 2.24) is 10.3 Å². The Hall–Kier alpha value is -2.43. The van der Waals surface area contributed by atoms with Crippen LogP contribution in [-0.4, -0.2) is 24.5 Å². The summed E-state index contributed by atoms with van der Waals surface area (Å²) in [4.78, 5) is 15.7. The summed E-state index contributed by atoms with van der Waals surface area (Å²) in [6.07, 6.45) is 2.42. The normalized spacial score (nSPS) is 11.1. The monoisotopic (exact) mass is 302 g/mol. The van der Waals surface area contributed by atoms with Gasteiger partial charge in [0.15, 0.2) is 5.82 Å². The maximum Gasteiger partial charge on any atom is 0.254 e. The lowest BCUT2D eigenvalue weighted by Crippen LogP contribution is -2.37. The quantitative estimate of drug-likeness (QED) is 0.924. The lowest BCUT2D eigenvalue weighted by molar-refractivity contribution is 0.0941. The highest BCUT2D eigenvalue weighted by atomic mass is 19.1. The van der Waals surface area contributed by atoms with Gasteiger partial charge in [-0.25, -0.2) is 4.39 Å². The van der Waals surface area contributed by atoms with Crippen molar-refractivity contribution in [3.63, 3.8) is 0 Å². The van der Waals surface area contributed by atoms with E-state index in [1.807, 2.05) is 38.1 Å². The fourth-order valence-corrected chi connectivity index (χ4v) is 2.25. The minimum Gasteiger partial charge on any atom is -0.496 e. The molecule has 2 aromatic rings. The van der Waals surface area contributed by atoms with E-state index >= 15 is 0 Å². The Balaban J connectivity index is 2.13. The molecular weight excluding hydrogens is 283 g/mol. The van der Waals surface area contributed by atoms with E-state index in [1.54, 1.807) is 7.11 Å². The van der Waals surface area contributed by atoms with Crippen molar-refractivity contribution in [3.05, 3.63) is 59.7 Å². The number of nitrogens with zero attached hydrogens (tertiary/aromatic N) is 1. The van der Waals surface area contributed by atoms with E-state index < -0.39 is 11.7 Å². The van der Waals surface area contributed by atoms with Gasteiger partial charge in [-0.05, 0) is 12.1 Å². The molecule has 0 saturated carbocycles. The van der Waals surface area contributed by atoms with Crippen LogP contribution < -0.4 is 10.1 Å². The van der Waals surface area contributed by atoms with Crippen molar-refractivity contribution in [3.8, 4) is 5.75 Å².